The van der Waals surface area contributed by atoms with Gasteiger partial charge in [-0.2, -0.15) is 0 Å². The maximum Gasteiger partial charge on any atom is 0.251 e. The van der Waals surface area contributed by atoms with Crippen molar-refractivity contribution >= 4 is 23.2 Å². The molecular formula is C27H31N3O3. The summed E-state index contributed by atoms with van der Waals surface area (Å²) in [6.45, 7) is 5.52. The van der Waals surface area contributed by atoms with Crippen molar-refractivity contribution in [2.24, 2.45) is 5.92 Å². The summed E-state index contributed by atoms with van der Waals surface area (Å²) in [5.41, 5.74) is 2.89. The summed E-state index contributed by atoms with van der Waals surface area (Å²) in [4.78, 5) is 24.9. The van der Waals surface area contributed by atoms with Gasteiger partial charge in [-0.05, 0) is 48.2 Å². The van der Waals surface area contributed by atoms with E-state index in [0.29, 0.717) is 30.3 Å². The number of hydrogen-bond donors (Lipinski definition) is 3. The lowest BCUT2D eigenvalue weighted by Gasteiger charge is -2.11. The summed E-state index contributed by atoms with van der Waals surface area (Å²) in [6, 6.07) is 24.2. The molecule has 0 bridgehead atoms. The van der Waals surface area contributed by atoms with Gasteiger partial charge in [0.1, 0.15) is 5.75 Å². The maximum atomic E-state index is 12.5. The van der Waals surface area contributed by atoms with E-state index in [1.54, 1.807) is 24.3 Å². The van der Waals surface area contributed by atoms with Crippen molar-refractivity contribution in [3.63, 3.8) is 0 Å². The second-order valence-corrected chi connectivity index (χ2v) is 8.21. The van der Waals surface area contributed by atoms with Crippen LogP contribution in [0.3, 0.4) is 0 Å². The second kappa shape index (κ2) is 12.3. The average Bonchev–Trinajstić information content (AvgIpc) is 2.82. The van der Waals surface area contributed by atoms with Gasteiger partial charge in [-0.15, -0.1) is 0 Å². The summed E-state index contributed by atoms with van der Waals surface area (Å²) >= 11 is 0. The van der Waals surface area contributed by atoms with Gasteiger partial charge in [0.15, 0.2) is 0 Å². The van der Waals surface area contributed by atoms with Crippen LogP contribution >= 0.6 is 0 Å². The zero-order valence-electron chi connectivity index (χ0n) is 19.1. The third kappa shape index (κ3) is 8.33. The first-order valence-electron chi connectivity index (χ1n) is 11.2. The molecule has 172 valence electrons. The molecule has 33 heavy (non-hydrogen) atoms. The molecule has 0 aliphatic rings. The van der Waals surface area contributed by atoms with Crippen molar-refractivity contribution in [1.29, 1.82) is 0 Å². The summed E-state index contributed by atoms with van der Waals surface area (Å²) in [6.07, 6.45) is 0.989. The van der Waals surface area contributed by atoms with E-state index in [-0.39, 0.29) is 18.4 Å². The molecule has 0 radical (unpaired) electrons. The van der Waals surface area contributed by atoms with Crippen LogP contribution in [0.15, 0.2) is 78.9 Å². The first kappa shape index (κ1) is 23.9. The topological polar surface area (TPSA) is 79.5 Å². The predicted molar refractivity (Wildman–Crippen MR) is 133 cm³/mol. The molecule has 0 heterocycles. The highest BCUT2D eigenvalue weighted by atomic mass is 16.5. The third-order valence-electron chi connectivity index (χ3n) is 4.96. The highest BCUT2D eigenvalue weighted by Gasteiger charge is 2.08. The fourth-order valence-corrected chi connectivity index (χ4v) is 3.11. The molecule has 0 aliphatic heterocycles. The Morgan fingerprint density at radius 2 is 1.64 bits per heavy atom. The van der Waals surface area contributed by atoms with E-state index in [1.165, 1.54) is 0 Å². The van der Waals surface area contributed by atoms with Gasteiger partial charge in [-0.25, -0.2) is 0 Å². The lowest BCUT2D eigenvalue weighted by atomic mass is 10.1. The van der Waals surface area contributed by atoms with Gasteiger partial charge in [-0.3, -0.25) is 9.59 Å². The lowest BCUT2D eigenvalue weighted by molar-refractivity contribution is -0.114. The van der Waals surface area contributed by atoms with Gasteiger partial charge in [-0.1, -0.05) is 56.3 Å². The van der Waals surface area contributed by atoms with Gasteiger partial charge in [0.25, 0.3) is 5.91 Å². The Balaban J connectivity index is 1.48. The smallest absolute Gasteiger partial charge is 0.251 e. The number of hydrogen-bond acceptors (Lipinski definition) is 4. The maximum absolute atomic E-state index is 12.5. The Labute approximate surface area is 195 Å². The Bertz CT molecular complexity index is 1050. The summed E-state index contributed by atoms with van der Waals surface area (Å²) in [5.74, 6) is 0.962. The molecule has 3 N–H and O–H groups in total. The Hall–Kier alpha value is -3.80. The van der Waals surface area contributed by atoms with Crippen molar-refractivity contribution in [1.82, 2.24) is 5.32 Å². The molecule has 3 rings (SSSR count). The number of anilines is 2. The van der Waals surface area contributed by atoms with Crippen molar-refractivity contribution in [3.05, 3.63) is 90.0 Å². The van der Waals surface area contributed by atoms with Gasteiger partial charge in [0.2, 0.25) is 5.91 Å². The number of ether oxygens (including phenoxy) is 1. The summed E-state index contributed by atoms with van der Waals surface area (Å²) in [5, 5.41) is 8.83. The van der Waals surface area contributed by atoms with Crippen LogP contribution in [-0.2, 0) is 11.3 Å². The molecule has 3 aromatic carbocycles. The molecule has 0 aromatic heterocycles. The van der Waals surface area contributed by atoms with Crippen LogP contribution in [-0.4, -0.2) is 25.0 Å². The van der Waals surface area contributed by atoms with Crippen LogP contribution in [0.4, 0.5) is 11.4 Å². The molecular weight excluding hydrogens is 414 g/mol. The second-order valence-electron chi connectivity index (χ2n) is 8.21. The van der Waals surface area contributed by atoms with Crippen LogP contribution in [0.2, 0.25) is 0 Å². The Morgan fingerprint density at radius 3 is 2.42 bits per heavy atom. The molecule has 0 unspecified atom stereocenters. The van der Waals surface area contributed by atoms with E-state index in [4.69, 9.17) is 4.74 Å². The van der Waals surface area contributed by atoms with Crippen LogP contribution in [0.1, 0.15) is 36.2 Å². The molecule has 6 nitrogen and oxygen atoms in total. The lowest BCUT2D eigenvalue weighted by Crippen LogP contribution is -2.24. The molecule has 0 fully saturated rings. The van der Waals surface area contributed by atoms with Gasteiger partial charge in [0.05, 0.1) is 13.2 Å². The number of benzene rings is 3. The highest BCUT2D eigenvalue weighted by molar-refractivity contribution is 5.98. The Kier molecular flexibility index (Phi) is 8.88. The third-order valence-corrected chi connectivity index (χ3v) is 4.96. The molecule has 0 atom stereocenters. The largest absolute Gasteiger partial charge is 0.494 e. The van der Waals surface area contributed by atoms with Crippen LogP contribution < -0.4 is 20.7 Å². The molecule has 0 saturated carbocycles. The van der Waals surface area contributed by atoms with E-state index >= 15 is 0 Å². The molecule has 0 saturated heterocycles. The van der Waals surface area contributed by atoms with Crippen LogP contribution in [0.25, 0.3) is 0 Å². The van der Waals surface area contributed by atoms with E-state index in [0.717, 1.165) is 23.4 Å². The summed E-state index contributed by atoms with van der Waals surface area (Å²) in [7, 11) is 0. The fraction of sp³-hybridized carbons (Fsp3) is 0.259. The zero-order chi connectivity index (χ0) is 23.5. The minimum atomic E-state index is -0.206. The van der Waals surface area contributed by atoms with Crippen molar-refractivity contribution in [2.45, 2.75) is 26.8 Å². The quantitative estimate of drug-likeness (QED) is 0.384. The van der Waals surface area contributed by atoms with Crippen molar-refractivity contribution < 1.29 is 14.3 Å². The fourth-order valence-electron chi connectivity index (χ4n) is 3.11. The predicted octanol–water partition coefficient (Wildman–Crippen LogP) is 5.09. The zero-order valence-corrected chi connectivity index (χ0v) is 19.1. The van der Waals surface area contributed by atoms with Crippen LogP contribution in [0, 0.1) is 5.92 Å². The van der Waals surface area contributed by atoms with E-state index < -0.39 is 0 Å². The van der Waals surface area contributed by atoms with E-state index in [1.807, 2.05) is 54.6 Å². The first-order valence-corrected chi connectivity index (χ1v) is 11.2. The van der Waals surface area contributed by atoms with E-state index in [9.17, 15) is 9.59 Å². The SMILES string of the molecule is CC(C)CCOc1cccc(NCC(=O)Nc2cccc(C(=O)NCc3ccccc3)c2)c1. The van der Waals surface area contributed by atoms with Gasteiger partial charge >= 0.3 is 0 Å². The standard InChI is InChI=1S/C27H31N3O3/c1-20(2)14-15-33-25-13-7-11-23(17-25)28-19-26(31)30-24-12-6-10-22(16-24)27(32)29-18-21-8-4-3-5-9-21/h3-13,16-17,20,28H,14-15,18-19H2,1-2H3,(H,29,32)(H,30,31). The minimum Gasteiger partial charge on any atom is -0.494 e. The van der Waals surface area contributed by atoms with Gasteiger partial charge < -0.3 is 20.7 Å². The number of nitrogens with one attached hydrogen (secondary N) is 3. The summed E-state index contributed by atoms with van der Waals surface area (Å²) < 4.78 is 5.77. The number of amides is 2. The first-order chi connectivity index (χ1) is 16.0. The highest BCUT2D eigenvalue weighted by Crippen LogP contribution is 2.18. The monoisotopic (exact) mass is 445 g/mol. The van der Waals surface area contributed by atoms with Gasteiger partial charge in [0, 0.05) is 29.5 Å². The molecule has 6 heteroatoms. The van der Waals surface area contributed by atoms with Crippen molar-refractivity contribution in [2.75, 3.05) is 23.8 Å². The minimum absolute atomic E-state index is 0.0971. The molecule has 0 aliphatic carbocycles. The average molecular weight is 446 g/mol. The molecule has 0 spiro atoms. The number of rotatable bonds is 11. The van der Waals surface area contributed by atoms with E-state index in [2.05, 4.69) is 29.8 Å². The normalized spacial score (nSPS) is 10.5. The number of carbonyl (C=O) groups excluding carboxylic acids is 2. The molecule has 3 aromatic rings. The molecule has 2 amide bonds. The van der Waals surface area contributed by atoms with Crippen LogP contribution in [0.5, 0.6) is 5.75 Å². The number of carbonyl (C=O) groups is 2. The Morgan fingerprint density at radius 1 is 0.879 bits per heavy atom. The van der Waals surface area contributed by atoms with Crippen molar-refractivity contribution in [3.8, 4) is 5.75 Å².